The van der Waals surface area contributed by atoms with E-state index >= 15 is 0 Å². The van der Waals surface area contributed by atoms with Gasteiger partial charge in [0.15, 0.2) is 0 Å². The molecular formula is C12H13FN4O. The van der Waals surface area contributed by atoms with Crippen LogP contribution in [0.4, 0.5) is 4.39 Å². The molecule has 1 unspecified atom stereocenters. The van der Waals surface area contributed by atoms with Crippen molar-refractivity contribution >= 4 is 0 Å². The number of benzene rings is 1. The molecule has 3 N–H and O–H groups in total. The molecule has 1 aromatic heterocycles. The Labute approximate surface area is 104 Å². The molecule has 0 amide bonds. The summed E-state index contributed by atoms with van der Waals surface area (Å²) in [5, 5.41) is 7.42. The van der Waals surface area contributed by atoms with Crippen LogP contribution in [-0.4, -0.2) is 17.3 Å². The molecule has 18 heavy (non-hydrogen) atoms. The van der Waals surface area contributed by atoms with Gasteiger partial charge in [-0.05, 0) is 17.7 Å². The number of rotatable bonds is 4. The van der Waals surface area contributed by atoms with Gasteiger partial charge in [-0.25, -0.2) is 9.82 Å². The van der Waals surface area contributed by atoms with Crippen LogP contribution in [-0.2, 0) is 0 Å². The quantitative estimate of drug-likeness (QED) is 0.628. The van der Waals surface area contributed by atoms with Crippen molar-refractivity contribution in [3.63, 3.8) is 0 Å². The third-order valence-electron chi connectivity index (χ3n) is 2.63. The van der Waals surface area contributed by atoms with Crippen LogP contribution in [0.3, 0.4) is 0 Å². The summed E-state index contributed by atoms with van der Waals surface area (Å²) in [6, 6.07) is 5.86. The predicted octanol–water partition coefficient (Wildman–Crippen LogP) is 1.18. The van der Waals surface area contributed by atoms with Crippen molar-refractivity contribution in [3.05, 3.63) is 53.6 Å². The molecule has 94 valence electrons. The molecule has 0 bridgehead atoms. The first-order chi connectivity index (χ1) is 8.76. The number of halogens is 1. The fourth-order valence-corrected chi connectivity index (χ4v) is 1.71. The Kier molecular flexibility index (Phi) is 3.81. The first-order valence-corrected chi connectivity index (χ1v) is 5.32. The van der Waals surface area contributed by atoms with E-state index in [-0.39, 0.29) is 0 Å². The van der Waals surface area contributed by atoms with Gasteiger partial charge < -0.3 is 4.74 Å². The minimum atomic E-state index is -0.480. The number of nitrogens with two attached hydrogens (primary N) is 1. The van der Waals surface area contributed by atoms with Gasteiger partial charge >= 0.3 is 0 Å². The zero-order valence-electron chi connectivity index (χ0n) is 9.80. The van der Waals surface area contributed by atoms with Crippen LogP contribution >= 0.6 is 0 Å². The molecule has 0 aliphatic heterocycles. The van der Waals surface area contributed by atoms with E-state index in [1.54, 1.807) is 18.2 Å². The molecule has 2 rings (SSSR count). The summed E-state index contributed by atoms with van der Waals surface area (Å²) in [6.07, 6.45) is 3.06. The third kappa shape index (κ3) is 2.44. The van der Waals surface area contributed by atoms with E-state index in [0.717, 1.165) is 5.56 Å². The Bertz CT molecular complexity index is 521. The largest absolute Gasteiger partial charge is 0.497 e. The lowest BCUT2D eigenvalue weighted by Gasteiger charge is -2.17. The van der Waals surface area contributed by atoms with Crippen molar-refractivity contribution in [2.45, 2.75) is 6.04 Å². The highest BCUT2D eigenvalue weighted by molar-refractivity contribution is 5.35. The monoisotopic (exact) mass is 248 g/mol. The minimum absolute atomic E-state index is 0.394. The second kappa shape index (κ2) is 5.52. The van der Waals surface area contributed by atoms with Gasteiger partial charge in [-0.1, -0.05) is 6.07 Å². The predicted molar refractivity (Wildman–Crippen MR) is 64.2 cm³/mol. The van der Waals surface area contributed by atoms with E-state index in [2.05, 4.69) is 15.6 Å². The van der Waals surface area contributed by atoms with E-state index in [1.165, 1.54) is 25.6 Å². The topological polar surface area (TPSA) is 73.1 Å². The molecule has 0 saturated heterocycles. The molecule has 1 atom stereocenters. The minimum Gasteiger partial charge on any atom is -0.497 e. The zero-order chi connectivity index (χ0) is 13.0. The molecule has 0 radical (unpaired) electrons. The van der Waals surface area contributed by atoms with E-state index in [4.69, 9.17) is 10.6 Å². The zero-order valence-corrected chi connectivity index (χ0v) is 9.80. The third-order valence-corrected chi connectivity index (χ3v) is 2.63. The van der Waals surface area contributed by atoms with Crippen LogP contribution < -0.4 is 16.0 Å². The normalized spacial score (nSPS) is 12.2. The van der Waals surface area contributed by atoms with Gasteiger partial charge in [0.2, 0.25) is 0 Å². The van der Waals surface area contributed by atoms with E-state index in [0.29, 0.717) is 11.3 Å². The lowest BCUT2D eigenvalue weighted by molar-refractivity contribution is 0.410. The Hall–Kier alpha value is -2.05. The number of nitrogens with one attached hydrogen (secondary N) is 1. The maximum absolute atomic E-state index is 13.9. The number of ether oxygens (including phenoxy) is 1. The molecule has 0 fully saturated rings. The highest BCUT2D eigenvalue weighted by Crippen LogP contribution is 2.25. The summed E-state index contributed by atoms with van der Waals surface area (Å²) in [4.78, 5) is 0. The summed E-state index contributed by atoms with van der Waals surface area (Å²) in [5.41, 5.74) is 3.72. The molecule has 1 heterocycles. The molecule has 5 nitrogen and oxygen atoms in total. The highest BCUT2D eigenvalue weighted by atomic mass is 19.1. The average Bonchev–Trinajstić information content (AvgIpc) is 2.42. The summed E-state index contributed by atoms with van der Waals surface area (Å²) >= 11 is 0. The van der Waals surface area contributed by atoms with E-state index in [1.807, 2.05) is 0 Å². The van der Waals surface area contributed by atoms with Crippen molar-refractivity contribution in [2.75, 3.05) is 7.11 Å². The van der Waals surface area contributed by atoms with Gasteiger partial charge in [0.25, 0.3) is 0 Å². The molecule has 0 saturated carbocycles. The van der Waals surface area contributed by atoms with E-state index < -0.39 is 11.9 Å². The van der Waals surface area contributed by atoms with Gasteiger partial charge in [-0.15, -0.1) is 0 Å². The fraction of sp³-hybridized carbons (Fsp3) is 0.167. The van der Waals surface area contributed by atoms with Crippen molar-refractivity contribution in [1.29, 1.82) is 0 Å². The summed E-state index contributed by atoms with van der Waals surface area (Å²) in [5.74, 6) is 5.54. The number of hydrazine groups is 1. The summed E-state index contributed by atoms with van der Waals surface area (Å²) in [7, 11) is 1.49. The number of nitrogens with zero attached hydrogens (tertiary/aromatic N) is 2. The smallest absolute Gasteiger partial charge is 0.132 e. The SMILES string of the molecule is COc1ccc(C(NN)c2ccnnc2)c(F)c1. The lowest BCUT2D eigenvalue weighted by atomic mass is 10.0. The van der Waals surface area contributed by atoms with Crippen LogP contribution in [0.1, 0.15) is 17.2 Å². The Balaban J connectivity index is 2.39. The molecule has 6 heteroatoms. The van der Waals surface area contributed by atoms with Crippen LogP contribution in [0.2, 0.25) is 0 Å². The second-order valence-electron chi connectivity index (χ2n) is 3.66. The maximum Gasteiger partial charge on any atom is 0.132 e. The van der Waals surface area contributed by atoms with Crippen LogP contribution in [0.5, 0.6) is 5.75 Å². The van der Waals surface area contributed by atoms with Crippen molar-refractivity contribution < 1.29 is 9.13 Å². The number of hydrogen-bond donors (Lipinski definition) is 2. The first-order valence-electron chi connectivity index (χ1n) is 5.32. The van der Waals surface area contributed by atoms with Gasteiger partial charge in [-0.2, -0.15) is 10.2 Å². The van der Waals surface area contributed by atoms with Crippen molar-refractivity contribution in [3.8, 4) is 5.75 Å². The van der Waals surface area contributed by atoms with Gasteiger partial charge in [0.05, 0.1) is 19.3 Å². The van der Waals surface area contributed by atoms with Gasteiger partial charge in [-0.3, -0.25) is 5.84 Å². The lowest BCUT2D eigenvalue weighted by Crippen LogP contribution is -2.29. The molecule has 0 spiro atoms. The molecule has 2 aromatic rings. The van der Waals surface area contributed by atoms with Gasteiger partial charge in [0.1, 0.15) is 11.6 Å². The number of methoxy groups -OCH3 is 1. The second-order valence-corrected chi connectivity index (χ2v) is 3.66. The Morgan fingerprint density at radius 2 is 2.17 bits per heavy atom. The fourth-order valence-electron chi connectivity index (χ4n) is 1.71. The van der Waals surface area contributed by atoms with E-state index in [9.17, 15) is 4.39 Å². The van der Waals surface area contributed by atoms with Crippen LogP contribution in [0.25, 0.3) is 0 Å². The van der Waals surface area contributed by atoms with Crippen LogP contribution in [0, 0.1) is 5.82 Å². The average molecular weight is 248 g/mol. The van der Waals surface area contributed by atoms with Crippen molar-refractivity contribution in [1.82, 2.24) is 15.6 Å². The number of hydrogen-bond acceptors (Lipinski definition) is 5. The van der Waals surface area contributed by atoms with Gasteiger partial charge in [0, 0.05) is 17.8 Å². The maximum atomic E-state index is 13.9. The molecule has 1 aromatic carbocycles. The Morgan fingerprint density at radius 1 is 1.33 bits per heavy atom. The molecule has 0 aliphatic rings. The molecular weight excluding hydrogens is 235 g/mol. The van der Waals surface area contributed by atoms with Crippen molar-refractivity contribution in [2.24, 2.45) is 5.84 Å². The molecule has 0 aliphatic carbocycles. The number of aromatic nitrogens is 2. The summed E-state index contributed by atoms with van der Waals surface area (Å²) < 4.78 is 18.9. The highest BCUT2D eigenvalue weighted by Gasteiger charge is 2.17. The van der Waals surface area contributed by atoms with Crippen LogP contribution in [0.15, 0.2) is 36.7 Å². The first kappa shape index (κ1) is 12.4. The summed E-state index contributed by atoms with van der Waals surface area (Å²) in [6.45, 7) is 0. The standard InChI is InChI=1S/C12H13FN4O/c1-18-9-2-3-10(11(13)6-9)12(17-14)8-4-5-15-16-7-8/h2-7,12,17H,14H2,1H3. The Morgan fingerprint density at radius 3 is 2.72 bits per heavy atom.